The number of hydrogen-bond acceptors (Lipinski definition) is 5. The normalized spacial score (nSPS) is 17.1. The molecule has 0 saturated carbocycles. The van der Waals surface area contributed by atoms with E-state index in [0.29, 0.717) is 13.2 Å². The third-order valence-corrected chi connectivity index (χ3v) is 4.13. The molecule has 0 saturated heterocycles. The zero-order valence-electron chi connectivity index (χ0n) is 10.8. The standard InChI is InChI=1S/C14H16N2O2S/c1-2-14-16-9(8-19-14)6-17-10-3-4-11-12(15)7-18-13(11)5-10/h3-5,8,12H,2,6-7,15H2,1H3. The van der Waals surface area contributed by atoms with Crippen LogP contribution in [0.5, 0.6) is 11.5 Å². The molecule has 2 aromatic rings. The molecule has 0 spiro atoms. The van der Waals surface area contributed by atoms with Gasteiger partial charge in [0.2, 0.25) is 0 Å². The molecule has 100 valence electrons. The number of fused-ring (bicyclic) bond motifs is 1. The number of nitrogens with zero attached hydrogens (tertiary/aromatic N) is 1. The number of aromatic nitrogens is 1. The molecule has 1 aliphatic heterocycles. The fourth-order valence-corrected chi connectivity index (χ4v) is 2.77. The Morgan fingerprint density at radius 1 is 1.53 bits per heavy atom. The largest absolute Gasteiger partial charge is 0.491 e. The summed E-state index contributed by atoms with van der Waals surface area (Å²) in [5.41, 5.74) is 7.93. The van der Waals surface area contributed by atoms with Crippen LogP contribution < -0.4 is 15.2 Å². The van der Waals surface area contributed by atoms with Crippen molar-refractivity contribution in [3.8, 4) is 11.5 Å². The van der Waals surface area contributed by atoms with Gasteiger partial charge < -0.3 is 15.2 Å². The third kappa shape index (κ3) is 2.57. The Labute approximate surface area is 116 Å². The Bertz CT molecular complexity index is 583. The van der Waals surface area contributed by atoms with Gasteiger partial charge in [0, 0.05) is 17.0 Å². The summed E-state index contributed by atoms with van der Waals surface area (Å²) in [6, 6.07) is 5.78. The van der Waals surface area contributed by atoms with E-state index in [4.69, 9.17) is 15.2 Å². The number of benzene rings is 1. The Kier molecular flexibility index (Phi) is 3.40. The summed E-state index contributed by atoms with van der Waals surface area (Å²) in [6.45, 7) is 3.14. The van der Waals surface area contributed by atoms with Crippen molar-refractivity contribution in [1.82, 2.24) is 4.98 Å². The quantitative estimate of drug-likeness (QED) is 0.932. The topological polar surface area (TPSA) is 57.4 Å². The van der Waals surface area contributed by atoms with Gasteiger partial charge in [-0.1, -0.05) is 6.92 Å². The lowest BCUT2D eigenvalue weighted by Gasteiger charge is -2.06. The first-order chi connectivity index (χ1) is 9.26. The smallest absolute Gasteiger partial charge is 0.131 e. The van der Waals surface area contributed by atoms with Crippen LogP contribution in [0.4, 0.5) is 0 Å². The molecule has 1 atom stereocenters. The molecule has 0 bridgehead atoms. The maximum Gasteiger partial charge on any atom is 0.131 e. The van der Waals surface area contributed by atoms with Crippen LogP contribution in [0, 0.1) is 0 Å². The average Bonchev–Trinajstić information content (AvgIpc) is 3.03. The van der Waals surface area contributed by atoms with E-state index in [1.165, 1.54) is 0 Å². The van der Waals surface area contributed by atoms with Gasteiger partial charge in [-0.05, 0) is 18.6 Å². The molecule has 0 aliphatic carbocycles. The van der Waals surface area contributed by atoms with Gasteiger partial charge in [0.25, 0.3) is 0 Å². The van der Waals surface area contributed by atoms with Gasteiger partial charge in [-0.25, -0.2) is 4.98 Å². The van der Waals surface area contributed by atoms with Crippen LogP contribution in [0.15, 0.2) is 23.6 Å². The first-order valence-electron chi connectivity index (χ1n) is 6.34. The third-order valence-electron chi connectivity index (χ3n) is 3.09. The summed E-state index contributed by atoms with van der Waals surface area (Å²) in [5.74, 6) is 1.62. The van der Waals surface area contributed by atoms with Gasteiger partial charge in [-0.3, -0.25) is 0 Å². The van der Waals surface area contributed by atoms with Gasteiger partial charge in [0.15, 0.2) is 0 Å². The highest BCUT2D eigenvalue weighted by molar-refractivity contribution is 7.09. The second-order valence-electron chi connectivity index (χ2n) is 4.49. The molecule has 0 amide bonds. The second-order valence-corrected chi connectivity index (χ2v) is 5.43. The van der Waals surface area contributed by atoms with Crippen molar-refractivity contribution < 1.29 is 9.47 Å². The van der Waals surface area contributed by atoms with Gasteiger partial charge in [0.05, 0.1) is 16.7 Å². The van der Waals surface area contributed by atoms with E-state index in [0.717, 1.165) is 34.2 Å². The second kappa shape index (κ2) is 5.19. The molecule has 3 rings (SSSR count). The van der Waals surface area contributed by atoms with Crippen molar-refractivity contribution in [3.63, 3.8) is 0 Å². The van der Waals surface area contributed by atoms with Crippen LogP contribution in [-0.2, 0) is 13.0 Å². The molecule has 1 aromatic heterocycles. The molecule has 1 aliphatic rings. The molecule has 0 radical (unpaired) electrons. The van der Waals surface area contributed by atoms with Crippen molar-refractivity contribution in [3.05, 3.63) is 39.8 Å². The molecule has 2 heterocycles. The van der Waals surface area contributed by atoms with E-state index in [-0.39, 0.29) is 6.04 Å². The van der Waals surface area contributed by atoms with E-state index in [1.54, 1.807) is 11.3 Å². The molecular weight excluding hydrogens is 260 g/mol. The van der Waals surface area contributed by atoms with E-state index >= 15 is 0 Å². The molecule has 5 heteroatoms. The Balaban J connectivity index is 1.67. The Morgan fingerprint density at radius 2 is 2.42 bits per heavy atom. The fraction of sp³-hybridized carbons (Fsp3) is 0.357. The maximum absolute atomic E-state index is 5.91. The zero-order chi connectivity index (χ0) is 13.2. The molecule has 1 aromatic carbocycles. The van der Waals surface area contributed by atoms with E-state index in [1.807, 2.05) is 23.6 Å². The number of nitrogens with two attached hydrogens (primary N) is 1. The summed E-state index contributed by atoms with van der Waals surface area (Å²) in [7, 11) is 0. The molecule has 19 heavy (non-hydrogen) atoms. The minimum absolute atomic E-state index is 0.0188. The van der Waals surface area contributed by atoms with Crippen molar-refractivity contribution in [2.24, 2.45) is 5.73 Å². The van der Waals surface area contributed by atoms with Gasteiger partial charge in [-0.2, -0.15) is 0 Å². The van der Waals surface area contributed by atoms with E-state index in [2.05, 4.69) is 11.9 Å². The molecule has 1 unspecified atom stereocenters. The van der Waals surface area contributed by atoms with E-state index < -0.39 is 0 Å². The van der Waals surface area contributed by atoms with Crippen molar-refractivity contribution in [2.45, 2.75) is 26.0 Å². The Hall–Kier alpha value is -1.59. The number of hydrogen-bond donors (Lipinski definition) is 1. The zero-order valence-corrected chi connectivity index (χ0v) is 11.6. The fourth-order valence-electron chi connectivity index (χ4n) is 2.04. The van der Waals surface area contributed by atoms with Gasteiger partial charge >= 0.3 is 0 Å². The van der Waals surface area contributed by atoms with Crippen molar-refractivity contribution in [1.29, 1.82) is 0 Å². The number of rotatable bonds is 4. The van der Waals surface area contributed by atoms with E-state index in [9.17, 15) is 0 Å². The van der Waals surface area contributed by atoms with Crippen molar-refractivity contribution >= 4 is 11.3 Å². The summed E-state index contributed by atoms with van der Waals surface area (Å²) >= 11 is 1.67. The van der Waals surface area contributed by atoms with Crippen molar-refractivity contribution in [2.75, 3.05) is 6.61 Å². The highest BCUT2D eigenvalue weighted by Crippen LogP contribution is 2.34. The lowest BCUT2D eigenvalue weighted by atomic mass is 10.1. The van der Waals surface area contributed by atoms with Crippen LogP contribution in [-0.4, -0.2) is 11.6 Å². The number of ether oxygens (including phenoxy) is 2. The number of aryl methyl sites for hydroxylation is 1. The highest BCUT2D eigenvalue weighted by atomic mass is 32.1. The molecule has 4 nitrogen and oxygen atoms in total. The van der Waals surface area contributed by atoms with Gasteiger partial charge in [-0.15, -0.1) is 11.3 Å². The monoisotopic (exact) mass is 276 g/mol. The molecule has 2 N–H and O–H groups in total. The van der Waals surface area contributed by atoms with Crippen LogP contribution in [0.3, 0.4) is 0 Å². The summed E-state index contributed by atoms with van der Waals surface area (Å²) in [5, 5.41) is 3.18. The first-order valence-corrected chi connectivity index (χ1v) is 7.22. The first kappa shape index (κ1) is 12.4. The predicted molar refractivity (Wildman–Crippen MR) is 74.7 cm³/mol. The Morgan fingerprint density at radius 3 is 3.21 bits per heavy atom. The lowest BCUT2D eigenvalue weighted by Crippen LogP contribution is -2.10. The highest BCUT2D eigenvalue weighted by Gasteiger charge is 2.20. The predicted octanol–water partition coefficient (Wildman–Crippen LogP) is 2.68. The average molecular weight is 276 g/mol. The summed E-state index contributed by atoms with van der Waals surface area (Å²) in [6.07, 6.45) is 0.968. The molecular formula is C14H16N2O2S. The summed E-state index contributed by atoms with van der Waals surface area (Å²) in [4.78, 5) is 4.47. The lowest BCUT2D eigenvalue weighted by molar-refractivity contribution is 0.297. The summed E-state index contributed by atoms with van der Waals surface area (Å²) < 4.78 is 11.2. The van der Waals surface area contributed by atoms with Crippen LogP contribution in [0.1, 0.15) is 29.2 Å². The van der Waals surface area contributed by atoms with Crippen LogP contribution in [0.2, 0.25) is 0 Å². The van der Waals surface area contributed by atoms with Crippen LogP contribution in [0.25, 0.3) is 0 Å². The van der Waals surface area contributed by atoms with Gasteiger partial charge in [0.1, 0.15) is 24.7 Å². The minimum Gasteiger partial charge on any atom is -0.491 e. The number of thiazole rings is 1. The SMILES string of the molecule is CCc1nc(COc2ccc3c(c2)OCC3N)cs1. The maximum atomic E-state index is 5.91. The van der Waals surface area contributed by atoms with Crippen LogP contribution >= 0.6 is 11.3 Å². The molecule has 0 fully saturated rings. The minimum atomic E-state index is -0.0188.